The lowest BCUT2D eigenvalue weighted by molar-refractivity contribution is 0.102. The Labute approximate surface area is 140 Å². The summed E-state index contributed by atoms with van der Waals surface area (Å²) in [6.07, 6.45) is 0. The van der Waals surface area contributed by atoms with Crippen molar-refractivity contribution in [2.45, 2.75) is 6.92 Å². The van der Waals surface area contributed by atoms with Crippen molar-refractivity contribution in [2.75, 3.05) is 5.32 Å². The van der Waals surface area contributed by atoms with E-state index in [9.17, 15) is 9.59 Å². The number of hydrogen-bond acceptors (Lipinski definition) is 2. The van der Waals surface area contributed by atoms with Crippen LogP contribution in [-0.2, 0) is 0 Å². The van der Waals surface area contributed by atoms with Gasteiger partial charge in [-0.3, -0.25) is 9.59 Å². The molecule has 0 fully saturated rings. The lowest BCUT2D eigenvalue weighted by Gasteiger charge is -2.09. The largest absolute Gasteiger partial charge is 0.322 e. The van der Waals surface area contributed by atoms with Crippen molar-refractivity contribution in [3.63, 3.8) is 0 Å². The average Bonchev–Trinajstić information content (AvgIpc) is 2.50. The SMILES string of the molecule is Cc1ccc(NC(=O)c2cc(=O)[nH]c3ccccc23)cc1I. The molecule has 0 saturated carbocycles. The number of amides is 1. The number of rotatable bonds is 2. The molecule has 1 aromatic heterocycles. The first kappa shape index (κ1) is 14.8. The summed E-state index contributed by atoms with van der Waals surface area (Å²) in [6, 6.07) is 14.3. The van der Waals surface area contributed by atoms with E-state index >= 15 is 0 Å². The fourth-order valence-electron chi connectivity index (χ4n) is 2.26. The summed E-state index contributed by atoms with van der Waals surface area (Å²) >= 11 is 2.22. The molecule has 0 saturated heterocycles. The maximum absolute atomic E-state index is 12.5. The minimum Gasteiger partial charge on any atom is -0.322 e. The molecule has 0 aliphatic carbocycles. The summed E-state index contributed by atoms with van der Waals surface area (Å²) in [6.45, 7) is 2.01. The Kier molecular flexibility index (Phi) is 3.98. The predicted octanol–water partition coefficient (Wildman–Crippen LogP) is 3.69. The smallest absolute Gasteiger partial charge is 0.256 e. The second-order valence-electron chi connectivity index (χ2n) is 5.01. The Hall–Kier alpha value is -2.15. The molecule has 1 amide bonds. The van der Waals surface area contributed by atoms with Gasteiger partial charge in [0.05, 0.1) is 5.56 Å². The molecule has 0 bridgehead atoms. The molecule has 2 aromatic carbocycles. The van der Waals surface area contributed by atoms with Crippen LogP contribution in [0.3, 0.4) is 0 Å². The highest BCUT2D eigenvalue weighted by Crippen LogP contribution is 2.19. The van der Waals surface area contributed by atoms with E-state index < -0.39 is 0 Å². The molecule has 110 valence electrons. The quantitative estimate of drug-likeness (QED) is 0.640. The van der Waals surface area contributed by atoms with Crippen molar-refractivity contribution >= 4 is 45.1 Å². The van der Waals surface area contributed by atoms with Crippen molar-refractivity contribution in [2.24, 2.45) is 0 Å². The molecule has 0 unspecified atom stereocenters. The molecule has 0 aliphatic rings. The van der Waals surface area contributed by atoms with E-state index in [1.54, 1.807) is 6.07 Å². The minimum absolute atomic E-state index is 0.290. The number of H-pyrrole nitrogens is 1. The third-order valence-electron chi connectivity index (χ3n) is 3.42. The first-order valence-corrected chi connectivity index (χ1v) is 7.82. The fraction of sp³-hybridized carbons (Fsp3) is 0.0588. The van der Waals surface area contributed by atoms with E-state index in [1.807, 2.05) is 43.3 Å². The van der Waals surface area contributed by atoms with Crippen molar-refractivity contribution in [1.29, 1.82) is 0 Å². The van der Waals surface area contributed by atoms with Crippen LogP contribution in [0.1, 0.15) is 15.9 Å². The van der Waals surface area contributed by atoms with Crippen LogP contribution in [-0.4, -0.2) is 10.9 Å². The number of pyridine rings is 1. The lowest BCUT2D eigenvalue weighted by atomic mass is 10.1. The highest BCUT2D eigenvalue weighted by molar-refractivity contribution is 14.1. The van der Waals surface area contributed by atoms with Crippen LogP contribution in [0.5, 0.6) is 0 Å². The molecule has 4 nitrogen and oxygen atoms in total. The van der Waals surface area contributed by atoms with E-state index in [0.29, 0.717) is 16.8 Å². The maximum atomic E-state index is 12.5. The average molecular weight is 404 g/mol. The molecule has 1 heterocycles. The van der Waals surface area contributed by atoms with Gasteiger partial charge in [0.1, 0.15) is 0 Å². The third-order valence-corrected chi connectivity index (χ3v) is 4.59. The number of nitrogens with one attached hydrogen (secondary N) is 2. The van der Waals surface area contributed by atoms with Crippen LogP contribution in [0.15, 0.2) is 53.3 Å². The van der Waals surface area contributed by atoms with Gasteiger partial charge in [0.2, 0.25) is 5.56 Å². The van der Waals surface area contributed by atoms with E-state index in [4.69, 9.17) is 0 Å². The number of anilines is 1. The molecule has 3 rings (SSSR count). The summed E-state index contributed by atoms with van der Waals surface area (Å²) < 4.78 is 1.08. The summed E-state index contributed by atoms with van der Waals surface area (Å²) in [4.78, 5) is 27.0. The zero-order chi connectivity index (χ0) is 15.7. The van der Waals surface area contributed by atoms with Crippen LogP contribution in [0.25, 0.3) is 10.9 Å². The topological polar surface area (TPSA) is 62.0 Å². The zero-order valence-corrected chi connectivity index (χ0v) is 14.0. The van der Waals surface area contributed by atoms with E-state index in [-0.39, 0.29) is 11.5 Å². The van der Waals surface area contributed by atoms with Crippen molar-refractivity contribution in [1.82, 2.24) is 4.98 Å². The zero-order valence-electron chi connectivity index (χ0n) is 11.8. The van der Waals surface area contributed by atoms with Gasteiger partial charge in [-0.1, -0.05) is 24.3 Å². The van der Waals surface area contributed by atoms with E-state index in [1.165, 1.54) is 6.07 Å². The van der Waals surface area contributed by atoms with Gasteiger partial charge >= 0.3 is 0 Å². The number of halogens is 1. The highest BCUT2D eigenvalue weighted by Gasteiger charge is 2.12. The monoisotopic (exact) mass is 404 g/mol. The minimum atomic E-state index is -0.290. The Balaban J connectivity index is 2.02. The summed E-state index contributed by atoms with van der Waals surface area (Å²) in [5.41, 5.74) is 2.60. The normalized spacial score (nSPS) is 10.6. The standard InChI is InChI=1S/C17H13IN2O2/c1-10-6-7-11(8-14(10)18)19-17(22)13-9-16(21)20-15-5-3-2-4-12(13)15/h2-9H,1H3,(H,19,22)(H,20,21). The van der Waals surface area contributed by atoms with E-state index in [0.717, 1.165) is 14.5 Å². The number of aromatic nitrogens is 1. The Bertz CT molecular complexity index is 931. The van der Waals surface area contributed by atoms with Gasteiger partial charge in [0.25, 0.3) is 5.91 Å². The molecule has 3 aromatic rings. The van der Waals surface area contributed by atoms with Crippen molar-refractivity contribution < 1.29 is 4.79 Å². The van der Waals surface area contributed by atoms with Gasteiger partial charge < -0.3 is 10.3 Å². The second-order valence-corrected chi connectivity index (χ2v) is 6.17. The van der Waals surface area contributed by atoms with Gasteiger partial charge in [-0.25, -0.2) is 0 Å². The summed E-state index contributed by atoms with van der Waals surface area (Å²) in [5.74, 6) is -0.290. The number of carbonyl (C=O) groups excluding carboxylic acids is 1. The summed E-state index contributed by atoms with van der Waals surface area (Å²) in [5, 5.41) is 3.57. The van der Waals surface area contributed by atoms with Crippen LogP contribution >= 0.6 is 22.6 Å². The second kappa shape index (κ2) is 5.92. The number of benzene rings is 2. The van der Waals surface area contributed by atoms with Gasteiger partial charge in [-0.05, 0) is 53.3 Å². The van der Waals surface area contributed by atoms with Crippen LogP contribution in [0.2, 0.25) is 0 Å². The predicted molar refractivity (Wildman–Crippen MR) is 96.4 cm³/mol. The lowest BCUT2D eigenvalue weighted by Crippen LogP contribution is -2.17. The molecule has 22 heavy (non-hydrogen) atoms. The molecular weight excluding hydrogens is 391 g/mol. The van der Waals surface area contributed by atoms with Crippen LogP contribution < -0.4 is 10.9 Å². The number of hydrogen-bond donors (Lipinski definition) is 2. The number of fused-ring (bicyclic) bond motifs is 1. The van der Waals surface area contributed by atoms with Crippen LogP contribution in [0, 0.1) is 10.5 Å². The molecular formula is C17H13IN2O2. The molecule has 0 spiro atoms. The number of carbonyl (C=O) groups is 1. The van der Waals surface area contributed by atoms with Crippen LogP contribution in [0.4, 0.5) is 5.69 Å². The third kappa shape index (κ3) is 2.89. The first-order chi connectivity index (χ1) is 10.5. The van der Waals surface area contributed by atoms with Gasteiger partial charge in [0.15, 0.2) is 0 Å². The Morgan fingerprint density at radius 3 is 2.68 bits per heavy atom. The Morgan fingerprint density at radius 2 is 1.91 bits per heavy atom. The highest BCUT2D eigenvalue weighted by atomic mass is 127. The maximum Gasteiger partial charge on any atom is 0.256 e. The number of aromatic amines is 1. The molecule has 0 radical (unpaired) electrons. The fourth-order valence-corrected chi connectivity index (χ4v) is 2.78. The van der Waals surface area contributed by atoms with Gasteiger partial charge in [0, 0.05) is 26.2 Å². The molecule has 2 N–H and O–H groups in total. The van der Waals surface area contributed by atoms with Gasteiger partial charge in [-0.2, -0.15) is 0 Å². The van der Waals surface area contributed by atoms with Crippen molar-refractivity contribution in [3.8, 4) is 0 Å². The van der Waals surface area contributed by atoms with Gasteiger partial charge in [-0.15, -0.1) is 0 Å². The number of para-hydroxylation sites is 1. The summed E-state index contributed by atoms with van der Waals surface area (Å²) in [7, 11) is 0. The molecule has 0 atom stereocenters. The van der Waals surface area contributed by atoms with E-state index in [2.05, 4.69) is 32.9 Å². The molecule has 0 aliphatic heterocycles. The first-order valence-electron chi connectivity index (χ1n) is 6.74. The van der Waals surface area contributed by atoms with Crippen molar-refractivity contribution in [3.05, 3.63) is 73.6 Å². The number of aryl methyl sites for hydroxylation is 1. The Morgan fingerprint density at radius 1 is 1.14 bits per heavy atom. The molecule has 5 heteroatoms.